The van der Waals surface area contributed by atoms with Crippen molar-refractivity contribution in [2.75, 3.05) is 18.6 Å². The molecule has 4 aromatic rings. The predicted molar refractivity (Wildman–Crippen MR) is 131 cm³/mol. The molecule has 1 aromatic heterocycles. The molecule has 0 saturated carbocycles. The summed E-state index contributed by atoms with van der Waals surface area (Å²) in [6.07, 6.45) is 0. The van der Waals surface area contributed by atoms with Gasteiger partial charge in [-0.1, -0.05) is 41.7 Å². The fourth-order valence-electron chi connectivity index (χ4n) is 4.07. The van der Waals surface area contributed by atoms with Crippen LogP contribution >= 0.6 is 11.3 Å². The van der Waals surface area contributed by atoms with Crippen LogP contribution in [0.2, 0.25) is 0 Å². The van der Waals surface area contributed by atoms with Crippen LogP contribution in [-0.2, 0) is 6.54 Å². The molecule has 2 heterocycles. The molecule has 7 nitrogen and oxygen atoms in total. The Morgan fingerprint density at radius 3 is 2.32 bits per heavy atom. The first kappa shape index (κ1) is 21.8. The molecule has 1 aliphatic rings. The van der Waals surface area contributed by atoms with Crippen molar-refractivity contribution in [2.24, 2.45) is 0 Å². The Labute approximate surface area is 200 Å². The van der Waals surface area contributed by atoms with E-state index in [0.717, 1.165) is 10.2 Å². The van der Waals surface area contributed by atoms with Crippen molar-refractivity contribution >= 4 is 44.4 Å². The van der Waals surface area contributed by atoms with Gasteiger partial charge in [0, 0.05) is 6.54 Å². The number of hydrogen-bond donors (Lipinski definition) is 0. The van der Waals surface area contributed by atoms with Crippen molar-refractivity contribution in [3.8, 4) is 5.75 Å². The van der Waals surface area contributed by atoms with Gasteiger partial charge in [-0.15, -0.1) is 0 Å². The van der Waals surface area contributed by atoms with Crippen molar-refractivity contribution in [3.05, 3.63) is 89.0 Å². The lowest BCUT2D eigenvalue weighted by molar-refractivity contribution is 0.0642. The van der Waals surface area contributed by atoms with Gasteiger partial charge in [0.05, 0.1) is 40.6 Å². The Morgan fingerprint density at radius 1 is 1.00 bits per heavy atom. The van der Waals surface area contributed by atoms with Crippen molar-refractivity contribution in [3.63, 3.8) is 0 Å². The summed E-state index contributed by atoms with van der Waals surface area (Å²) in [5, 5.41) is 0.599. The van der Waals surface area contributed by atoms with E-state index in [4.69, 9.17) is 4.74 Å². The molecule has 3 amide bonds. The minimum absolute atomic E-state index is 0.0594. The molecule has 5 rings (SSSR count). The minimum atomic E-state index is -0.339. The highest BCUT2D eigenvalue weighted by atomic mass is 32.1. The highest BCUT2D eigenvalue weighted by Gasteiger charge is 2.35. The maximum Gasteiger partial charge on any atom is 0.263 e. The second-order valence-electron chi connectivity index (χ2n) is 7.79. The van der Waals surface area contributed by atoms with Gasteiger partial charge in [0.2, 0.25) is 0 Å². The molecule has 8 heteroatoms. The number of amides is 3. The number of carbonyl (C=O) groups excluding carboxylic acids is 3. The summed E-state index contributed by atoms with van der Waals surface area (Å²) in [7, 11) is 1.50. The summed E-state index contributed by atoms with van der Waals surface area (Å²) in [6, 6.07) is 19.6. The number of rotatable bonds is 6. The van der Waals surface area contributed by atoms with E-state index in [-0.39, 0.29) is 24.3 Å². The molecule has 0 atom stereocenters. The molecule has 1 aliphatic heterocycles. The third-order valence-corrected chi connectivity index (χ3v) is 6.85. The van der Waals surface area contributed by atoms with Crippen LogP contribution < -0.4 is 9.64 Å². The van der Waals surface area contributed by atoms with Gasteiger partial charge < -0.3 is 4.74 Å². The number of para-hydroxylation sites is 1. The van der Waals surface area contributed by atoms with Crippen molar-refractivity contribution in [2.45, 2.75) is 13.5 Å². The Hall–Kier alpha value is -4.04. The largest absolute Gasteiger partial charge is 0.496 e. The number of imide groups is 1. The number of methoxy groups -OCH3 is 1. The van der Waals surface area contributed by atoms with E-state index in [1.165, 1.54) is 23.3 Å². The number of carbonyl (C=O) groups is 3. The zero-order valence-electron chi connectivity index (χ0n) is 18.6. The van der Waals surface area contributed by atoms with Gasteiger partial charge in [-0.05, 0) is 48.9 Å². The zero-order chi connectivity index (χ0) is 23.8. The molecule has 34 heavy (non-hydrogen) atoms. The maximum atomic E-state index is 13.6. The lowest BCUT2D eigenvalue weighted by Crippen LogP contribution is -2.31. The average Bonchev–Trinajstić information content (AvgIpc) is 3.39. The predicted octanol–water partition coefficient (Wildman–Crippen LogP) is 4.77. The fraction of sp³-hybridized carbons (Fsp3) is 0.154. The summed E-state index contributed by atoms with van der Waals surface area (Å²) in [5.74, 6) is -0.527. The van der Waals surface area contributed by atoms with Gasteiger partial charge in [-0.2, -0.15) is 0 Å². The number of anilines is 1. The minimum Gasteiger partial charge on any atom is -0.496 e. The standard InChI is InChI=1S/C26H21N3O4S/c1-3-28(26-27-20-10-6-7-11-22(20)34-26)25(32)19-14-16(12-13-21(19)33-2)15-29-23(30)17-8-4-5-9-18(17)24(29)31/h4-14H,3,15H2,1-2H3. The summed E-state index contributed by atoms with van der Waals surface area (Å²) in [5.41, 5.74) is 2.62. The van der Waals surface area contributed by atoms with Crippen LogP contribution in [0.25, 0.3) is 10.2 Å². The molecule has 0 fully saturated rings. The monoisotopic (exact) mass is 471 g/mol. The lowest BCUT2D eigenvalue weighted by atomic mass is 10.1. The molecular weight excluding hydrogens is 450 g/mol. The molecule has 0 radical (unpaired) electrons. The van der Waals surface area contributed by atoms with E-state index in [1.54, 1.807) is 47.4 Å². The quantitative estimate of drug-likeness (QED) is 0.379. The van der Waals surface area contributed by atoms with Crippen molar-refractivity contribution < 1.29 is 19.1 Å². The third kappa shape index (κ3) is 3.62. The van der Waals surface area contributed by atoms with E-state index in [0.29, 0.717) is 39.7 Å². The Balaban J connectivity index is 1.46. The van der Waals surface area contributed by atoms with Crippen LogP contribution in [0.4, 0.5) is 5.13 Å². The van der Waals surface area contributed by atoms with Gasteiger partial charge in [-0.25, -0.2) is 4.98 Å². The number of fused-ring (bicyclic) bond motifs is 2. The highest BCUT2D eigenvalue weighted by Crippen LogP contribution is 2.32. The van der Waals surface area contributed by atoms with Crippen molar-refractivity contribution in [1.82, 2.24) is 9.88 Å². The molecule has 170 valence electrons. The van der Waals surface area contributed by atoms with Crippen LogP contribution in [-0.4, -0.2) is 41.3 Å². The molecule has 0 bridgehead atoms. The number of aromatic nitrogens is 1. The summed E-state index contributed by atoms with van der Waals surface area (Å²) in [6.45, 7) is 2.37. The number of hydrogen-bond acceptors (Lipinski definition) is 6. The molecular formula is C26H21N3O4S. The molecule has 0 saturated heterocycles. The Bertz CT molecular complexity index is 1380. The number of thiazole rings is 1. The number of ether oxygens (including phenoxy) is 1. The summed E-state index contributed by atoms with van der Waals surface area (Å²) < 4.78 is 6.46. The first-order chi connectivity index (χ1) is 16.5. The zero-order valence-corrected chi connectivity index (χ0v) is 19.5. The first-order valence-corrected chi connectivity index (χ1v) is 11.6. The lowest BCUT2D eigenvalue weighted by Gasteiger charge is -2.20. The van der Waals surface area contributed by atoms with Crippen molar-refractivity contribution in [1.29, 1.82) is 0 Å². The number of benzene rings is 3. The Morgan fingerprint density at radius 2 is 1.68 bits per heavy atom. The van der Waals surface area contributed by atoms with Gasteiger partial charge in [0.1, 0.15) is 5.75 Å². The van der Waals surface area contributed by atoms with Crippen LogP contribution in [0.15, 0.2) is 66.7 Å². The van der Waals surface area contributed by atoms with E-state index < -0.39 is 0 Å². The second kappa shape index (κ2) is 8.72. The van der Waals surface area contributed by atoms with Crippen LogP contribution in [0, 0.1) is 0 Å². The van der Waals surface area contributed by atoms with Gasteiger partial charge in [0.25, 0.3) is 17.7 Å². The van der Waals surface area contributed by atoms with Crippen LogP contribution in [0.3, 0.4) is 0 Å². The SMILES string of the molecule is CCN(C(=O)c1cc(CN2C(=O)c3ccccc3C2=O)ccc1OC)c1nc2ccccc2s1. The molecule has 0 aliphatic carbocycles. The summed E-state index contributed by atoms with van der Waals surface area (Å²) in [4.78, 5) is 46.6. The van der Waals surface area contributed by atoms with Crippen LogP contribution in [0.5, 0.6) is 5.75 Å². The topological polar surface area (TPSA) is 79.8 Å². The normalized spacial score (nSPS) is 12.8. The fourth-order valence-corrected chi connectivity index (χ4v) is 5.10. The van der Waals surface area contributed by atoms with Gasteiger partial charge in [0.15, 0.2) is 5.13 Å². The molecule has 0 N–H and O–H groups in total. The van der Waals surface area contributed by atoms with Crippen LogP contribution in [0.1, 0.15) is 43.6 Å². The number of nitrogens with zero attached hydrogens (tertiary/aromatic N) is 3. The molecule has 0 unspecified atom stereocenters. The Kier molecular flexibility index (Phi) is 5.59. The smallest absolute Gasteiger partial charge is 0.263 e. The van der Waals surface area contributed by atoms with E-state index in [1.807, 2.05) is 31.2 Å². The van der Waals surface area contributed by atoms with Gasteiger partial charge >= 0.3 is 0 Å². The maximum absolute atomic E-state index is 13.6. The van der Waals surface area contributed by atoms with E-state index in [9.17, 15) is 14.4 Å². The second-order valence-corrected chi connectivity index (χ2v) is 8.80. The van der Waals surface area contributed by atoms with E-state index >= 15 is 0 Å². The van der Waals surface area contributed by atoms with Gasteiger partial charge in [-0.3, -0.25) is 24.2 Å². The average molecular weight is 472 g/mol. The highest BCUT2D eigenvalue weighted by molar-refractivity contribution is 7.22. The third-order valence-electron chi connectivity index (χ3n) is 5.79. The summed E-state index contributed by atoms with van der Waals surface area (Å²) >= 11 is 1.45. The first-order valence-electron chi connectivity index (χ1n) is 10.8. The molecule has 3 aromatic carbocycles. The molecule has 0 spiro atoms. The van der Waals surface area contributed by atoms with E-state index in [2.05, 4.69) is 4.98 Å².